The standard InChI is InChI=1S/C22H22N2O4S/c1-16-6-5-9-18(12-16)13-19-21(27)24(22(28)29-19)15-20(26)23(10-11-25)14-17-7-3-2-4-8-17/h2-9,12-13,25H,10-11,14-15H2,1H3/b19-13-. The highest BCUT2D eigenvalue weighted by molar-refractivity contribution is 8.18. The molecule has 0 radical (unpaired) electrons. The second-order valence-corrected chi connectivity index (χ2v) is 7.70. The van der Waals surface area contributed by atoms with E-state index in [4.69, 9.17) is 0 Å². The quantitative estimate of drug-likeness (QED) is 0.710. The lowest BCUT2D eigenvalue weighted by atomic mass is 10.1. The molecule has 1 heterocycles. The lowest BCUT2D eigenvalue weighted by molar-refractivity contribution is -0.136. The number of aliphatic hydroxyl groups excluding tert-OH is 1. The first-order chi connectivity index (χ1) is 14.0. The van der Waals surface area contributed by atoms with E-state index in [1.807, 2.05) is 61.5 Å². The number of rotatable bonds is 7. The summed E-state index contributed by atoms with van der Waals surface area (Å²) < 4.78 is 0. The van der Waals surface area contributed by atoms with Crippen LogP contribution in [0.2, 0.25) is 0 Å². The highest BCUT2D eigenvalue weighted by Crippen LogP contribution is 2.32. The lowest BCUT2D eigenvalue weighted by Gasteiger charge is -2.24. The molecule has 0 aliphatic carbocycles. The number of carbonyl (C=O) groups excluding carboxylic acids is 3. The maximum absolute atomic E-state index is 12.7. The van der Waals surface area contributed by atoms with Gasteiger partial charge in [0, 0.05) is 13.1 Å². The minimum Gasteiger partial charge on any atom is -0.395 e. The van der Waals surface area contributed by atoms with Gasteiger partial charge >= 0.3 is 0 Å². The number of carbonyl (C=O) groups is 3. The Kier molecular flexibility index (Phi) is 6.85. The third kappa shape index (κ3) is 5.34. The Morgan fingerprint density at radius 1 is 1.14 bits per heavy atom. The molecule has 29 heavy (non-hydrogen) atoms. The first kappa shape index (κ1) is 20.8. The van der Waals surface area contributed by atoms with Crippen LogP contribution in [-0.4, -0.2) is 51.7 Å². The third-order valence-electron chi connectivity index (χ3n) is 4.45. The molecule has 0 bridgehead atoms. The maximum atomic E-state index is 12.7. The number of aliphatic hydroxyl groups is 1. The van der Waals surface area contributed by atoms with Crippen molar-refractivity contribution in [1.82, 2.24) is 9.80 Å². The van der Waals surface area contributed by atoms with E-state index in [1.54, 1.807) is 6.08 Å². The molecule has 6 nitrogen and oxygen atoms in total. The van der Waals surface area contributed by atoms with Crippen molar-refractivity contribution < 1.29 is 19.5 Å². The Morgan fingerprint density at radius 2 is 1.90 bits per heavy atom. The first-order valence-corrected chi connectivity index (χ1v) is 10.0. The zero-order valence-corrected chi connectivity index (χ0v) is 16.9. The number of hydrogen-bond acceptors (Lipinski definition) is 5. The molecule has 2 aromatic rings. The van der Waals surface area contributed by atoms with Crippen molar-refractivity contribution in [1.29, 1.82) is 0 Å². The molecule has 1 saturated heterocycles. The minimum absolute atomic E-state index is 0.128. The van der Waals surface area contributed by atoms with E-state index in [0.29, 0.717) is 11.4 Å². The summed E-state index contributed by atoms with van der Waals surface area (Å²) in [5.74, 6) is -0.861. The van der Waals surface area contributed by atoms with Gasteiger partial charge in [0.05, 0.1) is 11.5 Å². The molecule has 0 atom stereocenters. The molecular formula is C22H22N2O4S. The molecule has 3 rings (SSSR count). The molecule has 0 spiro atoms. The van der Waals surface area contributed by atoms with E-state index in [-0.39, 0.29) is 25.6 Å². The second-order valence-electron chi connectivity index (χ2n) is 6.71. The summed E-state index contributed by atoms with van der Waals surface area (Å²) in [5.41, 5.74) is 2.78. The fourth-order valence-corrected chi connectivity index (χ4v) is 3.84. The SMILES string of the molecule is Cc1cccc(/C=C2\SC(=O)N(CC(=O)N(CCO)Cc3ccccc3)C2=O)c1. The van der Waals surface area contributed by atoms with Gasteiger partial charge in [-0.05, 0) is 35.9 Å². The fourth-order valence-electron chi connectivity index (χ4n) is 3.00. The largest absolute Gasteiger partial charge is 0.395 e. The monoisotopic (exact) mass is 410 g/mol. The predicted octanol–water partition coefficient (Wildman–Crippen LogP) is 3.05. The van der Waals surface area contributed by atoms with Crippen LogP contribution in [0, 0.1) is 6.92 Å². The topological polar surface area (TPSA) is 77.9 Å². The summed E-state index contributed by atoms with van der Waals surface area (Å²) in [7, 11) is 0. The maximum Gasteiger partial charge on any atom is 0.294 e. The second kappa shape index (κ2) is 9.54. The molecule has 0 unspecified atom stereocenters. The fraction of sp³-hybridized carbons (Fsp3) is 0.227. The van der Waals surface area contributed by atoms with Crippen molar-refractivity contribution in [2.75, 3.05) is 19.7 Å². The zero-order chi connectivity index (χ0) is 20.8. The molecule has 1 fully saturated rings. The minimum atomic E-state index is -0.474. The molecular weight excluding hydrogens is 388 g/mol. The molecule has 0 aromatic heterocycles. The number of thioether (sulfide) groups is 1. The molecule has 7 heteroatoms. The lowest BCUT2D eigenvalue weighted by Crippen LogP contribution is -2.42. The number of imide groups is 1. The van der Waals surface area contributed by atoms with Crippen molar-refractivity contribution in [3.8, 4) is 0 Å². The van der Waals surface area contributed by atoms with Gasteiger partial charge < -0.3 is 10.0 Å². The van der Waals surface area contributed by atoms with Gasteiger partial charge in [-0.25, -0.2) is 0 Å². The summed E-state index contributed by atoms with van der Waals surface area (Å²) >= 11 is 0.832. The molecule has 1 aliphatic rings. The van der Waals surface area contributed by atoms with Crippen LogP contribution in [0.3, 0.4) is 0 Å². The van der Waals surface area contributed by atoms with Gasteiger partial charge in [-0.3, -0.25) is 19.3 Å². The summed E-state index contributed by atoms with van der Waals surface area (Å²) in [5, 5.41) is 8.84. The molecule has 3 amide bonds. The molecule has 1 N–H and O–H groups in total. The first-order valence-electron chi connectivity index (χ1n) is 9.22. The van der Waals surface area contributed by atoms with Crippen LogP contribution in [0.15, 0.2) is 59.5 Å². The number of amides is 3. The van der Waals surface area contributed by atoms with Gasteiger partial charge in [0.25, 0.3) is 11.1 Å². The van der Waals surface area contributed by atoms with Gasteiger partial charge in [-0.1, -0.05) is 60.2 Å². The summed E-state index contributed by atoms with van der Waals surface area (Å²) in [4.78, 5) is 40.4. The molecule has 1 aliphatic heterocycles. The van der Waals surface area contributed by atoms with Gasteiger partial charge in [-0.2, -0.15) is 0 Å². The average molecular weight is 410 g/mol. The van der Waals surface area contributed by atoms with Crippen LogP contribution in [0.1, 0.15) is 16.7 Å². The van der Waals surface area contributed by atoms with Crippen molar-refractivity contribution in [3.05, 3.63) is 76.2 Å². The van der Waals surface area contributed by atoms with E-state index in [9.17, 15) is 19.5 Å². The van der Waals surface area contributed by atoms with Crippen LogP contribution in [0.4, 0.5) is 4.79 Å². The number of nitrogens with zero attached hydrogens (tertiary/aromatic N) is 2. The van der Waals surface area contributed by atoms with Crippen molar-refractivity contribution in [2.24, 2.45) is 0 Å². The third-order valence-corrected chi connectivity index (χ3v) is 5.35. The molecule has 150 valence electrons. The number of hydrogen-bond donors (Lipinski definition) is 1. The smallest absolute Gasteiger partial charge is 0.294 e. The number of aryl methyl sites for hydroxylation is 1. The van der Waals surface area contributed by atoms with Crippen LogP contribution in [0.5, 0.6) is 0 Å². The summed E-state index contributed by atoms with van der Waals surface area (Å²) in [6.07, 6.45) is 1.66. The van der Waals surface area contributed by atoms with Crippen LogP contribution in [-0.2, 0) is 16.1 Å². The van der Waals surface area contributed by atoms with E-state index in [2.05, 4.69) is 0 Å². The summed E-state index contributed by atoms with van der Waals surface area (Å²) in [6, 6.07) is 17.0. The van der Waals surface area contributed by atoms with Gasteiger partial charge in [-0.15, -0.1) is 0 Å². The van der Waals surface area contributed by atoms with Crippen LogP contribution >= 0.6 is 11.8 Å². The van der Waals surface area contributed by atoms with Crippen molar-refractivity contribution in [3.63, 3.8) is 0 Å². The van der Waals surface area contributed by atoms with Gasteiger partial charge in [0.1, 0.15) is 6.54 Å². The zero-order valence-electron chi connectivity index (χ0n) is 16.1. The summed E-state index contributed by atoms with van der Waals surface area (Å²) in [6.45, 7) is 1.83. The van der Waals surface area contributed by atoms with Crippen molar-refractivity contribution in [2.45, 2.75) is 13.5 Å². The van der Waals surface area contributed by atoms with Crippen molar-refractivity contribution >= 4 is 34.9 Å². The predicted molar refractivity (Wildman–Crippen MR) is 113 cm³/mol. The highest BCUT2D eigenvalue weighted by atomic mass is 32.2. The van der Waals surface area contributed by atoms with Crippen LogP contribution < -0.4 is 0 Å². The Hall–Kier alpha value is -2.90. The highest BCUT2D eigenvalue weighted by Gasteiger charge is 2.37. The van der Waals surface area contributed by atoms with Gasteiger partial charge in [0.15, 0.2) is 0 Å². The molecule has 2 aromatic carbocycles. The van der Waals surface area contributed by atoms with Gasteiger partial charge in [0.2, 0.25) is 5.91 Å². The van der Waals surface area contributed by atoms with E-state index in [0.717, 1.165) is 33.4 Å². The normalized spacial score (nSPS) is 15.2. The number of benzene rings is 2. The Bertz CT molecular complexity index is 943. The van der Waals surface area contributed by atoms with E-state index in [1.165, 1.54) is 4.90 Å². The van der Waals surface area contributed by atoms with E-state index < -0.39 is 11.1 Å². The Balaban J connectivity index is 1.71. The van der Waals surface area contributed by atoms with E-state index >= 15 is 0 Å². The average Bonchev–Trinajstić information content (AvgIpc) is 2.96. The Labute approximate surface area is 173 Å². The van der Waals surface area contributed by atoms with Crippen LogP contribution in [0.25, 0.3) is 6.08 Å². The Morgan fingerprint density at radius 3 is 2.59 bits per heavy atom. The molecule has 0 saturated carbocycles.